The molecule has 0 aliphatic carbocycles. The second-order valence-corrected chi connectivity index (χ2v) is 5.30. The summed E-state index contributed by atoms with van der Waals surface area (Å²) < 4.78 is 0. The number of hydrogen-bond donors (Lipinski definition) is 4. The van der Waals surface area contributed by atoms with Crippen molar-refractivity contribution in [1.29, 1.82) is 0 Å². The Morgan fingerprint density at radius 2 is 0.875 bits per heavy atom. The predicted molar refractivity (Wildman–Crippen MR) is 94.6 cm³/mol. The Bertz CT molecular complexity index is 960. The number of hydrogen-bond acceptors (Lipinski definition) is 4. The van der Waals surface area contributed by atoms with Gasteiger partial charge < -0.3 is 20.4 Å². The molecule has 0 bridgehead atoms. The van der Waals surface area contributed by atoms with E-state index in [9.17, 15) is 15.3 Å². The van der Waals surface area contributed by atoms with Crippen molar-refractivity contribution < 1.29 is 20.4 Å². The minimum Gasteiger partial charge on any atom is -0.507 e. The fourth-order valence-electron chi connectivity index (χ4n) is 2.51. The molecule has 0 radical (unpaired) electrons. The second-order valence-electron chi connectivity index (χ2n) is 5.30. The first kappa shape index (κ1) is 15.5. The normalized spacial score (nSPS) is 10.3. The molecule has 0 atom stereocenters. The van der Waals surface area contributed by atoms with E-state index in [0.29, 0.717) is 16.2 Å². The highest BCUT2D eigenvalue weighted by Gasteiger charge is 2.03. The topological polar surface area (TPSA) is 80.9 Å². The SMILES string of the molecule is Oc1ccc(O)c2ccccc12.Oc1ccc2ccccc2c1O. The summed E-state index contributed by atoms with van der Waals surface area (Å²) in [5.74, 6) is 0.272. The zero-order valence-electron chi connectivity index (χ0n) is 12.7. The van der Waals surface area contributed by atoms with E-state index in [1.165, 1.54) is 18.2 Å². The highest BCUT2D eigenvalue weighted by molar-refractivity contribution is 5.92. The van der Waals surface area contributed by atoms with Crippen LogP contribution in [0.5, 0.6) is 23.0 Å². The van der Waals surface area contributed by atoms with E-state index in [1.54, 1.807) is 24.3 Å². The Morgan fingerprint density at radius 1 is 0.417 bits per heavy atom. The maximum absolute atomic E-state index is 9.41. The van der Waals surface area contributed by atoms with Crippen LogP contribution in [-0.4, -0.2) is 20.4 Å². The van der Waals surface area contributed by atoms with Gasteiger partial charge in [0.05, 0.1) is 0 Å². The molecule has 4 N–H and O–H groups in total. The molecule has 0 aliphatic rings. The summed E-state index contributed by atoms with van der Waals surface area (Å²) >= 11 is 0. The number of benzene rings is 4. The van der Waals surface area contributed by atoms with Crippen LogP contribution < -0.4 is 0 Å². The molecule has 24 heavy (non-hydrogen) atoms. The van der Waals surface area contributed by atoms with Crippen LogP contribution >= 0.6 is 0 Å². The molecule has 0 fully saturated rings. The van der Waals surface area contributed by atoms with Gasteiger partial charge >= 0.3 is 0 Å². The van der Waals surface area contributed by atoms with Crippen LogP contribution in [0.25, 0.3) is 21.5 Å². The molecule has 0 saturated carbocycles. The molecule has 4 aromatic rings. The van der Waals surface area contributed by atoms with Crippen molar-refractivity contribution in [3.05, 3.63) is 72.8 Å². The molecule has 0 amide bonds. The zero-order chi connectivity index (χ0) is 17.1. The van der Waals surface area contributed by atoms with Crippen LogP contribution in [0, 0.1) is 0 Å². The van der Waals surface area contributed by atoms with Crippen molar-refractivity contribution in [2.45, 2.75) is 0 Å². The van der Waals surface area contributed by atoms with Crippen LogP contribution in [0.2, 0.25) is 0 Å². The molecule has 4 nitrogen and oxygen atoms in total. The lowest BCUT2D eigenvalue weighted by Gasteiger charge is -2.01. The van der Waals surface area contributed by atoms with E-state index >= 15 is 0 Å². The van der Waals surface area contributed by atoms with Crippen molar-refractivity contribution in [2.75, 3.05) is 0 Å². The lowest BCUT2D eigenvalue weighted by atomic mass is 10.1. The first-order valence-corrected chi connectivity index (χ1v) is 7.37. The fraction of sp³-hybridized carbons (Fsp3) is 0. The second kappa shape index (κ2) is 6.38. The molecule has 0 unspecified atom stereocenters. The van der Waals surface area contributed by atoms with Gasteiger partial charge in [-0.05, 0) is 23.6 Å². The maximum Gasteiger partial charge on any atom is 0.165 e. The highest BCUT2D eigenvalue weighted by Crippen LogP contribution is 2.33. The number of rotatable bonds is 0. The van der Waals surface area contributed by atoms with Crippen molar-refractivity contribution in [3.63, 3.8) is 0 Å². The summed E-state index contributed by atoms with van der Waals surface area (Å²) in [6, 6.07) is 20.8. The van der Waals surface area contributed by atoms with E-state index in [2.05, 4.69) is 0 Å². The van der Waals surface area contributed by atoms with E-state index in [1.807, 2.05) is 30.3 Å². The summed E-state index contributed by atoms with van der Waals surface area (Å²) in [6.45, 7) is 0. The standard InChI is InChI=1S/2C10H8O2/c11-9-5-6-10(12)8-4-2-1-3-7(8)9;11-9-6-5-7-3-1-2-4-8(7)10(9)12/h2*1-6,11-12H. The third kappa shape index (κ3) is 2.90. The molecule has 0 aromatic heterocycles. The minimum atomic E-state index is -0.0753. The molecule has 4 heteroatoms. The summed E-state index contributed by atoms with van der Waals surface area (Å²) in [6.07, 6.45) is 0. The number of fused-ring (bicyclic) bond motifs is 2. The van der Waals surface area contributed by atoms with Gasteiger partial charge in [0.2, 0.25) is 0 Å². The number of aromatic hydroxyl groups is 4. The predicted octanol–water partition coefficient (Wildman–Crippen LogP) is 4.50. The van der Waals surface area contributed by atoms with Crippen LogP contribution in [0.1, 0.15) is 0 Å². The Kier molecular flexibility index (Phi) is 4.12. The molecule has 0 saturated heterocycles. The van der Waals surface area contributed by atoms with Crippen molar-refractivity contribution >= 4 is 21.5 Å². The van der Waals surface area contributed by atoms with Gasteiger partial charge in [-0.2, -0.15) is 0 Å². The van der Waals surface area contributed by atoms with Crippen LogP contribution in [0.3, 0.4) is 0 Å². The van der Waals surface area contributed by atoms with Gasteiger partial charge in [0.15, 0.2) is 11.5 Å². The monoisotopic (exact) mass is 320 g/mol. The van der Waals surface area contributed by atoms with E-state index in [4.69, 9.17) is 5.11 Å². The Hall–Kier alpha value is -3.40. The van der Waals surface area contributed by atoms with Crippen molar-refractivity contribution in [3.8, 4) is 23.0 Å². The quantitative estimate of drug-likeness (QED) is 0.284. The summed E-state index contributed by atoms with van der Waals surface area (Å²) in [5, 5.41) is 40.3. The van der Waals surface area contributed by atoms with Gasteiger partial charge in [-0.3, -0.25) is 0 Å². The third-order valence-electron chi connectivity index (χ3n) is 3.76. The molecular weight excluding hydrogens is 304 g/mol. The minimum absolute atomic E-state index is 0.0481. The largest absolute Gasteiger partial charge is 0.507 e. The van der Waals surface area contributed by atoms with Gasteiger partial charge in [0.25, 0.3) is 0 Å². The maximum atomic E-state index is 9.41. The first-order valence-electron chi connectivity index (χ1n) is 7.37. The number of phenols is 4. The average Bonchev–Trinajstić information content (AvgIpc) is 2.62. The molecule has 4 rings (SSSR count). The first-order chi connectivity index (χ1) is 11.6. The Labute approximate surface area is 138 Å². The zero-order valence-corrected chi connectivity index (χ0v) is 12.7. The van der Waals surface area contributed by atoms with Crippen LogP contribution in [0.4, 0.5) is 0 Å². The average molecular weight is 320 g/mol. The molecule has 120 valence electrons. The van der Waals surface area contributed by atoms with E-state index < -0.39 is 0 Å². The molecule has 4 aromatic carbocycles. The lowest BCUT2D eigenvalue weighted by Crippen LogP contribution is -1.73. The molecular formula is C20H16O4. The van der Waals surface area contributed by atoms with Crippen LogP contribution in [-0.2, 0) is 0 Å². The summed E-state index contributed by atoms with van der Waals surface area (Å²) in [5.41, 5.74) is 0. The van der Waals surface area contributed by atoms with Gasteiger partial charge in [0, 0.05) is 16.2 Å². The lowest BCUT2D eigenvalue weighted by molar-refractivity contribution is 0.408. The summed E-state index contributed by atoms with van der Waals surface area (Å²) in [4.78, 5) is 0. The van der Waals surface area contributed by atoms with Crippen LogP contribution in [0.15, 0.2) is 72.8 Å². The smallest absolute Gasteiger partial charge is 0.165 e. The molecule has 0 spiro atoms. The summed E-state index contributed by atoms with van der Waals surface area (Å²) in [7, 11) is 0. The van der Waals surface area contributed by atoms with Crippen molar-refractivity contribution in [1.82, 2.24) is 0 Å². The Balaban J connectivity index is 0.000000141. The molecule has 0 heterocycles. The van der Waals surface area contributed by atoms with Gasteiger partial charge in [0.1, 0.15) is 11.5 Å². The van der Waals surface area contributed by atoms with Gasteiger partial charge in [-0.25, -0.2) is 0 Å². The van der Waals surface area contributed by atoms with Gasteiger partial charge in [-0.15, -0.1) is 0 Å². The van der Waals surface area contributed by atoms with E-state index in [-0.39, 0.29) is 23.0 Å². The number of phenolic OH excluding ortho intramolecular Hbond substituents is 4. The van der Waals surface area contributed by atoms with Crippen molar-refractivity contribution in [2.24, 2.45) is 0 Å². The third-order valence-corrected chi connectivity index (χ3v) is 3.76. The Morgan fingerprint density at radius 3 is 1.46 bits per heavy atom. The van der Waals surface area contributed by atoms with Gasteiger partial charge in [-0.1, -0.05) is 54.6 Å². The fourth-order valence-corrected chi connectivity index (χ4v) is 2.51. The van der Waals surface area contributed by atoms with E-state index in [0.717, 1.165) is 5.39 Å². The highest BCUT2D eigenvalue weighted by atomic mass is 16.3. The molecule has 0 aliphatic heterocycles.